The standard InChI is InChI=1S/C31H42N2O10/c1-30(2,3)42-28(36)32-22(26(34)39-8)16-19-10-13-21(14-11-19)41-25-18-20(12-15-24(25)38-7)17-23(27(35)40-9)33-29(37)43-31(4,5)6/h10-15,18,22-23H,16-17H2,1-9H3,(H,32,36)(H,33,37). The number of alkyl carbamates (subject to hydrolysis) is 2. The van der Waals surface area contributed by atoms with Gasteiger partial charge in [0.1, 0.15) is 29.0 Å². The molecule has 0 saturated heterocycles. The zero-order valence-corrected chi connectivity index (χ0v) is 26.2. The van der Waals surface area contributed by atoms with Crippen LogP contribution in [0.25, 0.3) is 0 Å². The van der Waals surface area contributed by atoms with Crippen LogP contribution in [0.5, 0.6) is 17.2 Å². The molecule has 43 heavy (non-hydrogen) atoms. The lowest BCUT2D eigenvalue weighted by Crippen LogP contribution is -2.45. The Balaban J connectivity index is 2.19. The van der Waals surface area contributed by atoms with Gasteiger partial charge in [-0.25, -0.2) is 19.2 Å². The second-order valence-corrected chi connectivity index (χ2v) is 11.6. The third-order valence-corrected chi connectivity index (χ3v) is 5.61. The molecule has 2 atom stereocenters. The zero-order chi connectivity index (χ0) is 32.4. The number of hydrogen-bond acceptors (Lipinski definition) is 10. The highest BCUT2D eigenvalue weighted by Gasteiger charge is 2.27. The Hall–Kier alpha value is -4.48. The summed E-state index contributed by atoms with van der Waals surface area (Å²) >= 11 is 0. The highest BCUT2D eigenvalue weighted by molar-refractivity contribution is 5.82. The molecule has 0 bridgehead atoms. The van der Waals surface area contributed by atoms with Crippen molar-refractivity contribution in [3.05, 3.63) is 53.6 Å². The molecule has 0 fully saturated rings. The zero-order valence-electron chi connectivity index (χ0n) is 26.2. The van der Waals surface area contributed by atoms with E-state index in [-0.39, 0.29) is 12.8 Å². The number of carbonyl (C=O) groups excluding carboxylic acids is 4. The molecule has 2 unspecified atom stereocenters. The van der Waals surface area contributed by atoms with Crippen LogP contribution in [0.4, 0.5) is 9.59 Å². The van der Waals surface area contributed by atoms with E-state index in [1.165, 1.54) is 21.3 Å². The summed E-state index contributed by atoms with van der Waals surface area (Å²) in [6.07, 6.45) is -1.22. The first-order valence-corrected chi connectivity index (χ1v) is 13.6. The Morgan fingerprint density at radius 2 is 1.09 bits per heavy atom. The van der Waals surface area contributed by atoms with Crippen LogP contribution in [-0.4, -0.2) is 68.7 Å². The summed E-state index contributed by atoms with van der Waals surface area (Å²) < 4.78 is 31.7. The maximum Gasteiger partial charge on any atom is 0.408 e. The average molecular weight is 603 g/mol. The molecule has 0 spiro atoms. The number of hydrogen-bond donors (Lipinski definition) is 2. The van der Waals surface area contributed by atoms with Gasteiger partial charge in [0.2, 0.25) is 0 Å². The van der Waals surface area contributed by atoms with Gasteiger partial charge in [0, 0.05) is 12.8 Å². The molecule has 0 saturated carbocycles. The number of ether oxygens (including phenoxy) is 6. The number of methoxy groups -OCH3 is 3. The van der Waals surface area contributed by atoms with Crippen LogP contribution < -0.4 is 20.1 Å². The molecule has 0 radical (unpaired) electrons. The van der Waals surface area contributed by atoms with Gasteiger partial charge < -0.3 is 39.1 Å². The van der Waals surface area contributed by atoms with Crippen LogP contribution in [-0.2, 0) is 41.4 Å². The van der Waals surface area contributed by atoms with Gasteiger partial charge in [0.15, 0.2) is 11.5 Å². The number of amides is 2. The van der Waals surface area contributed by atoms with Gasteiger partial charge >= 0.3 is 24.1 Å². The summed E-state index contributed by atoms with van der Waals surface area (Å²) in [5.41, 5.74) is -0.0747. The van der Waals surface area contributed by atoms with Crippen LogP contribution in [0, 0.1) is 0 Å². The lowest BCUT2D eigenvalue weighted by atomic mass is 10.0. The van der Waals surface area contributed by atoms with Gasteiger partial charge in [-0.3, -0.25) is 0 Å². The third-order valence-electron chi connectivity index (χ3n) is 5.61. The van der Waals surface area contributed by atoms with E-state index in [0.717, 1.165) is 5.56 Å². The third kappa shape index (κ3) is 12.1. The minimum absolute atomic E-state index is 0.102. The largest absolute Gasteiger partial charge is 0.493 e. The maximum absolute atomic E-state index is 12.4. The molecule has 2 amide bonds. The second-order valence-electron chi connectivity index (χ2n) is 11.6. The Bertz CT molecular complexity index is 1260. The average Bonchev–Trinajstić information content (AvgIpc) is 2.90. The van der Waals surface area contributed by atoms with E-state index >= 15 is 0 Å². The van der Waals surface area contributed by atoms with Crippen LogP contribution in [0.2, 0.25) is 0 Å². The first-order valence-electron chi connectivity index (χ1n) is 13.6. The number of benzene rings is 2. The van der Waals surface area contributed by atoms with Crippen LogP contribution >= 0.6 is 0 Å². The van der Waals surface area contributed by atoms with Crippen LogP contribution in [0.3, 0.4) is 0 Å². The van der Waals surface area contributed by atoms with Gasteiger partial charge in [-0.05, 0) is 76.9 Å². The van der Waals surface area contributed by atoms with E-state index in [0.29, 0.717) is 22.8 Å². The summed E-state index contributed by atoms with van der Waals surface area (Å²) in [5, 5.41) is 5.10. The van der Waals surface area contributed by atoms with Gasteiger partial charge in [-0.2, -0.15) is 0 Å². The smallest absolute Gasteiger partial charge is 0.408 e. The minimum atomic E-state index is -1.00. The van der Waals surface area contributed by atoms with Crippen molar-refractivity contribution in [3.63, 3.8) is 0 Å². The summed E-state index contributed by atoms with van der Waals surface area (Å²) in [6, 6.07) is 10.0. The van der Waals surface area contributed by atoms with Crippen molar-refractivity contribution in [2.24, 2.45) is 0 Å². The van der Waals surface area contributed by atoms with Gasteiger partial charge in [0.25, 0.3) is 0 Å². The first-order chi connectivity index (χ1) is 20.0. The lowest BCUT2D eigenvalue weighted by Gasteiger charge is -2.23. The quantitative estimate of drug-likeness (QED) is 0.274. The highest BCUT2D eigenvalue weighted by Crippen LogP contribution is 2.33. The molecule has 2 N–H and O–H groups in total. The molecule has 0 aromatic heterocycles. The monoisotopic (exact) mass is 602 g/mol. The van der Waals surface area contributed by atoms with Gasteiger partial charge in [-0.15, -0.1) is 0 Å². The van der Waals surface area contributed by atoms with Crippen molar-refractivity contribution in [1.29, 1.82) is 0 Å². The fourth-order valence-corrected chi connectivity index (χ4v) is 3.79. The highest BCUT2D eigenvalue weighted by atomic mass is 16.6. The van der Waals surface area contributed by atoms with Crippen molar-refractivity contribution in [2.75, 3.05) is 21.3 Å². The van der Waals surface area contributed by atoms with Gasteiger partial charge in [-0.1, -0.05) is 18.2 Å². The molecule has 12 nitrogen and oxygen atoms in total. The molecule has 0 heterocycles. The molecule has 2 rings (SSSR count). The predicted octanol–water partition coefficient (Wildman–Crippen LogP) is 4.71. The summed E-state index contributed by atoms with van der Waals surface area (Å²) in [6.45, 7) is 10.3. The Morgan fingerprint density at radius 1 is 0.651 bits per heavy atom. The van der Waals surface area contributed by atoms with Crippen molar-refractivity contribution >= 4 is 24.1 Å². The predicted molar refractivity (Wildman–Crippen MR) is 157 cm³/mol. The van der Waals surface area contributed by atoms with Crippen LogP contribution in [0.15, 0.2) is 42.5 Å². The SMILES string of the molecule is COC(=O)C(Cc1ccc(Oc2cc(CC(NC(=O)OC(C)(C)C)C(=O)OC)ccc2OC)cc1)NC(=O)OC(C)(C)C. The number of rotatable bonds is 11. The molecule has 0 aliphatic heterocycles. The maximum atomic E-state index is 12.4. The van der Waals surface area contributed by atoms with Crippen LogP contribution in [0.1, 0.15) is 52.7 Å². The van der Waals surface area contributed by atoms with E-state index < -0.39 is 47.4 Å². The van der Waals surface area contributed by atoms with Crippen molar-refractivity contribution < 1.29 is 47.6 Å². The molecule has 2 aromatic carbocycles. The molecule has 0 aliphatic carbocycles. The summed E-state index contributed by atoms with van der Waals surface area (Å²) in [7, 11) is 3.97. The number of nitrogens with one attached hydrogen (secondary N) is 2. The van der Waals surface area contributed by atoms with Gasteiger partial charge in [0.05, 0.1) is 21.3 Å². The summed E-state index contributed by atoms with van der Waals surface area (Å²) in [4.78, 5) is 49.2. The fourth-order valence-electron chi connectivity index (χ4n) is 3.79. The van der Waals surface area contributed by atoms with E-state index in [1.807, 2.05) is 0 Å². The molecular weight excluding hydrogens is 560 g/mol. The Morgan fingerprint density at radius 3 is 1.51 bits per heavy atom. The van der Waals surface area contributed by atoms with Crippen molar-refractivity contribution in [2.45, 2.75) is 77.7 Å². The Labute approximate surface area is 252 Å². The fraction of sp³-hybridized carbons (Fsp3) is 0.484. The van der Waals surface area contributed by atoms with E-state index in [1.54, 1.807) is 84.0 Å². The Kier molecular flexibility index (Phi) is 12.2. The molecule has 12 heteroatoms. The normalized spacial score (nSPS) is 12.7. The molecule has 0 aliphatic rings. The van der Waals surface area contributed by atoms with E-state index in [2.05, 4.69) is 10.6 Å². The van der Waals surface area contributed by atoms with Crippen molar-refractivity contribution in [1.82, 2.24) is 10.6 Å². The molecular formula is C31H42N2O10. The number of carbonyl (C=O) groups is 4. The second kappa shape index (κ2) is 15.1. The molecule has 2 aromatic rings. The van der Waals surface area contributed by atoms with E-state index in [9.17, 15) is 19.2 Å². The first kappa shape index (κ1) is 34.7. The summed E-state index contributed by atoms with van der Waals surface area (Å²) in [5.74, 6) is 0.0261. The lowest BCUT2D eigenvalue weighted by molar-refractivity contribution is -0.143. The topological polar surface area (TPSA) is 148 Å². The van der Waals surface area contributed by atoms with E-state index in [4.69, 9.17) is 28.4 Å². The minimum Gasteiger partial charge on any atom is -0.493 e. The molecule has 236 valence electrons. The number of esters is 2. The van der Waals surface area contributed by atoms with Crippen molar-refractivity contribution in [3.8, 4) is 17.2 Å².